The molecule has 0 aromatic rings. The molecule has 0 spiro atoms. The quantitative estimate of drug-likeness (QED) is 0.0261. The molecule has 0 aliphatic carbocycles. The highest BCUT2D eigenvalue weighted by Crippen LogP contribution is 2.23. The lowest BCUT2D eigenvalue weighted by atomic mass is 9.99. The van der Waals surface area contributed by atoms with Crippen LogP contribution in [0.2, 0.25) is 0 Å². The summed E-state index contributed by atoms with van der Waals surface area (Å²) in [5.41, 5.74) is 0. The van der Waals surface area contributed by atoms with Crippen molar-refractivity contribution in [2.45, 2.75) is 346 Å². The molecule has 7 unspecified atom stereocenters. The molecule has 1 heterocycles. The van der Waals surface area contributed by atoms with E-state index in [0.717, 1.165) is 38.5 Å². The van der Waals surface area contributed by atoms with Crippen molar-refractivity contribution >= 4 is 5.91 Å². The van der Waals surface area contributed by atoms with Gasteiger partial charge in [-0.2, -0.15) is 0 Å². The van der Waals surface area contributed by atoms with Crippen molar-refractivity contribution in [3.05, 3.63) is 36.5 Å². The van der Waals surface area contributed by atoms with E-state index in [2.05, 4.69) is 43.5 Å². The van der Waals surface area contributed by atoms with Gasteiger partial charge in [0.2, 0.25) is 5.91 Å². The largest absolute Gasteiger partial charge is 0.394 e. The molecule has 1 aliphatic heterocycles. The first-order valence-corrected chi connectivity index (χ1v) is 31.2. The zero-order chi connectivity index (χ0) is 52.2. The monoisotopic (exact) mass is 1020 g/mol. The maximum atomic E-state index is 13.1. The molecule has 7 atom stereocenters. The second kappa shape index (κ2) is 52.8. The lowest BCUT2D eigenvalue weighted by Crippen LogP contribution is -2.60. The Morgan fingerprint density at radius 2 is 0.792 bits per heavy atom. The molecular weight excluding hydrogens is 899 g/mol. The molecule has 1 aliphatic rings. The zero-order valence-corrected chi connectivity index (χ0v) is 47.2. The minimum Gasteiger partial charge on any atom is -0.394 e. The molecule has 0 radical (unpaired) electrons. The molecule has 6 N–H and O–H groups in total. The molecule has 9 nitrogen and oxygen atoms in total. The first kappa shape index (κ1) is 68.4. The summed E-state index contributed by atoms with van der Waals surface area (Å²) in [5.74, 6) is -0.184. The van der Waals surface area contributed by atoms with Crippen LogP contribution in [0.3, 0.4) is 0 Å². The van der Waals surface area contributed by atoms with Crippen molar-refractivity contribution in [2.75, 3.05) is 13.2 Å². The molecule has 424 valence electrons. The number of rotatable bonds is 54. The van der Waals surface area contributed by atoms with Crippen LogP contribution in [0.15, 0.2) is 36.5 Å². The summed E-state index contributed by atoms with van der Waals surface area (Å²) in [6.45, 7) is 3.80. The van der Waals surface area contributed by atoms with E-state index < -0.39 is 49.5 Å². The fraction of sp³-hybridized carbons (Fsp3) is 0.889. The van der Waals surface area contributed by atoms with Crippen LogP contribution in [0.25, 0.3) is 0 Å². The van der Waals surface area contributed by atoms with Crippen LogP contribution < -0.4 is 5.32 Å². The first-order chi connectivity index (χ1) is 35.3. The van der Waals surface area contributed by atoms with Gasteiger partial charge in [0.25, 0.3) is 0 Å². The second-order valence-corrected chi connectivity index (χ2v) is 21.8. The molecule has 0 saturated carbocycles. The number of amides is 1. The highest BCUT2D eigenvalue weighted by atomic mass is 16.7. The van der Waals surface area contributed by atoms with E-state index in [1.54, 1.807) is 6.08 Å². The molecule has 0 bridgehead atoms. The maximum absolute atomic E-state index is 13.1. The Morgan fingerprint density at radius 3 is 1.17 bits per heavy atom. The summed E-state index contributed by atoms with van der Waals surface area (Å²) in [4.78, 5) is 13.1. The average Bonchev–Trinajstić information content (AvgIpc) is 3.38. The fourth-order valence-electron chi connectivity index (χ4n) is 9.99. The summed E-state index contributed by atoms with van der Waals surface area (Å²) in [6.07, 6.45) is 62.3. The average molecular weight is 1020 g/mol. The third-order valence-electron chi connectivity index (χ3n) is 14.9. The van der Waals surface area contributed by atoms with E-state index in [1.807, 2.05) is 6.08 Å². The number of nitrogens with one attached hydrogen (secondary N) is 1. The summed E-state index contributed by atoms with van der Waals surface area (Å²) in [7, 11) is 0. The number of carbonyl (C=O) groups excluding carboxylic acids is 1. The number of hydrogen-bond donors (Lipinski definition) is 6. The lowest BCUT2D eigenvalue weighted by Gasteiger charge is -2.40. The minimum atomic E-state index is -1.57. The normalized spacial score (nSPS) is 19.3. The van der Waals surface area contributed by atoms with Crippen molar-refractivity contribution in [3.63, 3.8) is 0 Å². The maximum Gasteiger partial charge on any atom is 0.220 e. The Labute approximate surface area is 444 Å². The fourth-order valence-corrected chi connectivity index (χ4v) is 9.99. The summed E-state index contributed by atoms with van der Waals surface area (Å²) in [5, 5.41) is 54.6. The van der Waals surface area contributed by atoms with Crippen molar-refractivity contribution < 1.29 is 39.8 Å². The molecule has 1 amide bonds. The van der Waals surface area contributed by atoms with Crippen LogP contribution in [0, 0.1) is 0 Å². The Kier molecular flexibility index (Phi) is 50.2. The number of aliphatic hydroxyl groups is 5. The number of hydrogen-bond acceptors (Lipinski definition) is 8. The van der Waals surface area contributed by atoms with Crippen LogP contribution >= 0.6 is 0 Å². The third-order valence-corrected chi connectivity index (χ3v) is 14.9. The third kappa shape index (κ3) is 41.6. The second-order valence-electron chi connectivity index (χ2n) is 21.8. The van der Waals surface area contributed by atoms with E-state index in [9.17, 15) is 30.3 Å². The summed E-state index contributed by atoms with van der Waals surface area (Å²) < 4.78 is 11.3. The SMILES string of the molecule is CCCCCCCCCCCCCC/C=C\CCCCCCCCCCCCC(=O)NC(COC1OC(CO)C(O)C(O)C1O)C(O)/C=C/CC/C=C/CCCCCCCCCCCCCCCCCCC. The summed E-state index contributed by atoms with van der Waals surface area (Å²) in [6, 6.07) is -0.823. The minimum absolute atomic E-state index is 0.184. The van der Waals surface area contributed by atoms with Gasteiger partial charge in [0.05, 0.1) is 25.4 Å². The van der Waals surface area contributed by atoms with Gasteiger partial charge < -0.3 is 40.3 Å². The topological polar surface area (TPSA) is 149 Å². The lowest BCUT2D eigenvalue weighted by molar-refractivity contribution is -0.302. The Bertz CT molecular complexity index is 1230. The van der Waals surface area contributed by atoms with Gasteiger partial charge in [0.15, 0.2) is 6.29 Å². The van der Waals surface area contributed by atoms with Gasteiger partial charge in [-0.25, -0.2) is 0 Å². The standard InChI is InChI=1S/C63H119NO8/c1-3-5-7-9-11-13-15-17-19-21-23-25-27-28-29-31-33-35-37-39-41-43-45-47-49-51-53-59(67)64-56(55-71-63-62(70)61(69)60(68)58(54-65)72-63)57(66)52-50-48-46-44-42-40-38-36-34-32-30-26-24-22-20-18-16-14-12-10-8-6-4-2/h28-29,42,44,50,52,56-58,60-63,65-66,68-70H,3-27,30-41,43,45-49,51,53-55H2,1-2H3,(H,64,67)/b29-28-,44-42+,52-50+. The van der Waals surface area contributed by atoms with E-state index >= 15 is 0 Å². The highest BCUT2D eigenvalue weighted by Gasteiger charge is 2.44. The van der Waals surface area contributed by atoms with Crippen molar-refractivity contribution in [3.8, 4) is 0 Å². The number of carbonyl (C=O) groups is 1. The van der Waals surface area contributed by atoms with Gasteiger partial charge in [-0.1, -0.05) is 275 Å². The molecule has 0 aromatic carbocycles. The first-order valence-electron chi connectivity index (χ1n) is 31.2. The van der Waals surface area contributed by atoms with Crippen LogP contribution in [0.1, 0.15) is 303 Å². The van der Waals surface area contributed by atoms with Gasteiger partial charge in [0.1, 0.15) is 24.4 Å². The molecule has 0 aromatic heterocycles. The van der Waals surface area contributed by atoms with E-state index in [0.29, 0.717) is 6.42 Å². The van der Waals surface area contributed by atoms with Gasteiger partial charge in [-0.3, -0.25) is 4.79 Å². The van der Waals surface area contributed by atoms with Gasteiger partial charge in [0, 0.05) is 6.42 Å². The molecule has 1 saturated heterocycles. The molecule has 1 fully saturated rings. The van der Waals surface area contributed by atoms with Crippen molar-refractivity contribution in [1.82, 2.24) is 5.32 Å². The Hall–Kier alpha value is -1.59. The summed E-state index contributed by atoms with van der Waals surface area (Å²) >= 11 is 0. The Morgan fingerprint density at radius 1 is 0.458 bits per heavy atom. The van der Waals surface area contributed by atoms with Crippen LogP contribution in [-0.4, -0.2) is 87.5 Å². The van der Waals surface area contributed by atoms with Gasteiger partial charge in [-0.05, 0) is 57.8 Å². The smallest absolute Gasteiger partial charge is 0.220 e. The number of unbranched alkanes of at least 4 members (excludes halogenated alkanes) is 40. The highest BCUT2D eigenvalue weighted by molar-refractivity contribution is 5.76. The number of aliphatic hydroxyl groups excluding tert-OH is 5. The number of allylic oxidation sites excluding steroid dienone is 5. The van der Waals surface area contributed by atoms with Crippen LogP contribution in [0.4, 0.5) is 0 Å². The van der Waals surface area contributed by atoms with Crippen LogP contribution in [0.5, 0.6) is 0 Å². The predicted octanol–water partition coefficient (Wildman–Crippen LogP) is 15.9. The molecule has 72 heavy (non-hydrogen) atoms. The Balaban J connectivity index is 2.21. The molecule has 9 heteroatoms. The molecule has 1 rings (SSSR count). The van der Waals surface area contributed by atoms with Gasteiger partial charge >= 0.3 is 0 Å². The predicted molar refractivity (Wildman–Crippen MR) is 304 cm³/mol. The number of ether oxygens (including phenoxy) is 2. The van der Waals surface area contributed by atoms with Crippen LogP contribution in [-0.2, 0) is 14.3 Å². The van der Waals surface area contributed by atoms with E-state index in [1.165, 1.54) is 244 Å². The molecular formula is C63H119NO8. The van der Waals surface area contributed by atoms with E-state index in [4.69, 9.17) is 9.47 Å². The zero-order valence-electron chi connectivity index (χ0n) is 47.2. The van der Waals surface area contributed by atoms with Gasteiger partial charge in [-0.15, -0.1) is 0 Å². The van der Waals surface area contributed by atoms with E-state index in [-0.39, 0.29) is 12.5 Å². The van der Waals surface area contributed by atoms with Crippen molar-refractivity contribution in [1.29, 1.82) is 0 Å². The van der Waals surface area contributed by atoms with Crippen molar-refractivity contribution in [2.24, 2.45) is 0 Å².